The molecule has 0 bridgehead atoms. The second kappa shape index (κ2) is 8.62. The molecule has 164 valence electrons. The molecule has 0 radical (unpaired) electrons. The molecule has 2 amide bonds. The van der Waals surface area contributed by atoms with Gasteiger partial charge in [-0.3, -0.25) is 10.3 Å². The highest BCUT2D eigenvalue weighted by molar-refractivity contribution is 6.16. The number of amides is 2. The van der Waals surface area contributed by atoms with E-state index in [1.165, 1.54) is 18.5 Å². The molecule has 1 aliphatic rings. The maximum absolute atomic E-state index is 13.9. The van der Waals surface area contributed by atoms with Gasteiger partial charge in [0.05, 0.1) is 17.0 Å². The van der Waals surface area contributed by atoms with E-state index in [0.717, 1.165) is 11.3 Å². The Labute approximate surface area is 185 Å². The van der Waals surface area contributed by atoms with Gasteiger partial charge in [0.25, 0.3) is 0 Å². The molecule has 5 N–H and O–H groups in total. The molecule has 3 aromatic rings. The quantitative estimate of drug-likeness (QED) is 0.453. The van der Waals surface area contributed by atoms with Crippen LogP contribution in [0.1, 0.15) is 30.5 Å². The van der Waals surface area contributed by atoms with Gasteiger partial charge in [-0.15, -0.1) is 0 Å². The summed E-state index contributed by atoms with van der Waals surface area (Å²) in [6, 6.07) is 11.2. The first-order valence-electron chi connectivity index (χ1n) is 10.3. The lowest BCUT2D eigenvalue weighted by Gasteiger charge is -2.19. The van der Waals surface area contributed by atoms with Crippen LogP contribution in [0.15, 0.2) is 48.8 Å². The predicted octanol–water partition coefficient (Wildman–Crippen LogP) is 4.03. The first kappa shape index (κ1) is 21.2. The Balaban J connectivity index is 1.59. The van der Waals surface area contributed by atoms with Gasteiger partial charge in [-0.25, -0.2) is 19.2 Å². The Hall–Kier alpha value is -4.01. The third kappa shape index (κ3) is 4.09. The summed E-state index contributed by atoms with van der Waals surface area (Å²) in [6.45, 7) is 4.41. The summed E-state index contributed by atoms with van der Waals surface area (Å²) in [4.78, 5) is 22.6. The number of para-hydroxylation sites is 1. The molecule has 2 aromatic carbocycles. The Bertz CT molecular complexity index is 1190. The summed E-state index contributed by atoms with van der Waals surface area (Å²) >= 11 is 0. The van der Waals surface area contributed by atoms with Crippen molar-refractivity contribution in [2.75, 3.05) is 27.8 Å². The van der Waals surface area contributed by atoms with Crippen molar-refractivity contribution in [3.05, 3.63) is 71.3 Å². The number of hydrogen-bond acceptors (Lipinski definition) is 6. The van der Waals surface area contributed by atoms with E-state index in [2.05, 4.69) is 20.6 Å². The second-order valence-electron chi connectivity index (χ2n) is 7.81. The Morgan fingerprint density at radius 1 is 1.22 bits per heavy atom. The van der Waals surface area contributed by atoms with Crippen LogP contribution in [-0.2, 0) is 6.42 Å². The topological polar surface area (TPSA) is 120 Å². The van der Waals surface area contributed by atoms with Crippen LogP contribution in [-0.4, -0.2) is 34.3 Å². The highest BCUT2D eigenvalue weighted by atomic mass is 19.1. The van der Waals surface area contributed by atoms with Crippen molar-refractivity contribution in [3.63, 3.8) is 0 Å². The predicted molar refractivity (Wildman–Crippen MR) is 124 cm³/mol. The van der Waals surface area contributed by atoms with E-state index >= 15 is 0 Å². The van der Waals surface area contributed by atoms with Crippen molar-refractivity contribution in [2.45, 2.75) is 26.3 Å². The molecule has 32 heavy (non-hydrogen) atoms. The van der Waals surface area contributed by atoms with Crippen LogP contribution in [0.4, 0.5) is 32.2 Å². The number of rotatable bonds is 5. The Kier molecular flexibility index (Phi) is 5.72. The molecule has 0 saturated carbocycles. The zero-order valence-corrected chi connectivity index (χ0v) is 17.8. The zero-order chi connectivity index (χ0) is 22.8. The van der Waals surface area contributed by atoms with E-state index in [1.807, 2.05) is 19.9 Å². The maximum atomic E-state index is 13.9. The van der Waals surface area contributed by atoms with Gasteiger partial charge < -0.3 is 16.4 Å². The van der Waals surface area contributed by atoms with Crippen LogP contribution in [0.2, 0.25) is 0 Å². The number of nitrogens with zero attached hydrogens (tertiary/aromatic N) is 3. The summed E-state index contributed by atoms with van der Waals surface area (Å²) in [7, 11) is 0. The van der Waals surface area contributed by atoms with Crippen molar-refractivity contribution < 1.29 is 9.18 Å². The average Bonchev–Trinajstić information content (AvgIpc) is 3.18. The van der Waals surface area contributed by atoms with Crippen LogP contribution >= 0.6 is 0 Å². The standard InChI is InChI=1S/C23H24FN7O/c1-13(2)29-22-19(21(26)27-12-28-22)20(25)15-7-8-18-14(11-15)9-10-31(18)23(32)30-17-6-4-3-5-16(17)24/h3-8,11-13,25H,9-10H2,1-2H3,(H,30,32)(H3,26,27,28,29). The van der Waals surface area contributed by atoms with Crippen LogP contribution in [0.3, 0.4) is 0 Å². The van der Waals surface area contributed by atoms with Crippen molar-refractivity contribution in [2.24, 2.45) is 0 Å². The number of urea groups is 1. The van der Waals surface area contributed by atoms with Crippen LogP contribution in [0.5, 0.6) is 0 Å². The molecule has 0 spiro atoms. The number of carbonyl (C=O) groups is 1. The van der Waals surface area contributed by atoms with Gasteiger partial charge in [-0.1, -0.05) is 18.2 Å². The number of benzene rings is 2. The van der Waals surface area contributed by atoms with E-state index in [4.69, 9.17) is 11.1 Å². The van der Waals surface area contributed by atoms with Crippen molar-refractivity contribution in [1.82, 2.24) is 9.97 Å². The number of nitrogens with two attached hydrogens (primary N) is 1. The summed E-state index contributed by atoms with van der Waals surface area (Å²) in [5.41, 5.74) is 9.14. The fourth-order valence-corrected chi connectivity index (χ4v) is 3.69. The molecule has 1 aliphatic heterocycles. The minimum atomic E-state index is -0.488. The Morgan fingerprint density at radius 2 is 2.00 bits per heavy atom. The maximum Gasteiger partial charge on any atom is 0.326 e. The minimum Gasteiger partial charge on any atom is -0.383 e. The van der Waals surface area contributed by atoms with E-state index in [-0.39, 0.29) is 23.3 Å². The lowest BCUT2D eigenvalue weighted by Crippen LogP contribution is -2.33. The van der Waals surface area contributed by atoms with E-state index in [9.17, 15) is 9.18 Å². The number of fused-ring (bicyclic) bond motifs is 1. The van der Waals surface area contributed by atoms with E-state index in [1.54, 1.807) is 29.2 Å². The molecular formula is C23H24FN7O. The largest absolute Gasteiger partial charge is 0.383 e. The normalized spacial score (nSPS) is 12.6. The molecule has 1 aromatic heterocycles. The number of hydrogen-bond donors (Lipinski definition) is 4. The zero-order valence-electron chi connectivity index (χ0n) is 17.8. The molecule has 0 aliphatic carbocycles. The van der Waals surface area contributed by atoms with Gasteiger partial charge in [0, 0.05) is 23.8 Å². The lowest BCUT2D eigenvalue weighted by atomic mass is 9.99. The fraction of sp³-hybridized carbons (Fsp3) is 0.217. The molecule has 4 rings (SSSR count). The first-order valence-corrected chi connectivity index (χ1v) is 10.3. The van der Waals surface area contributed by atoms with Gasteiger partial charge in [0.15, 0.2) is 0 Å². The van der Waals surface area contributed by atoms with E-state index < -0.39 is 11.8 Å². The second-order valence-corrected chi connectivity index (χ2v) is 7.81. The minimum absolute atomic E-state index is 0.109. The molecule has 0 unspecified atom stereocenters. The van der Waals surface area contributed by atoms with Crippen molar-refractivity contribution in [1.29, 1.82) is 5.41 Å². The highest BCUT2D eigenvalue weighted by Gasteiger charge is 2.26. The van der Waals surface area contributed by atoms with Crippen LogP contribution in [0, 0.1) is 11.2 Å². The molecule has 0 saturated heterocycles. The van der Waals surface area contributed by atoms with Crippen LogP contribution in [0.25, 0.3) is 0 Å². The number of anilines is 4. The SMILES string of the molecule is CC(C)Nc1ncnc(N)c1C(=N)c1ccc2c(c1)CCN2C(=O)Nc1ccccc1F. The van der Waals surface area contributed by atoms with Crippen molar-refractivity contribution >= 4 is 34.8 Å². The van der Waals surface area contributed by atoms with Crippen LogP contribution < -0.4 is 21.3 Å². The monoisotopic (exact) mass is 433 g/mol. The van der Waals surface area contributed by atoms with Gasteiger partial charge in [0.2, 0.25) is 0 Å². The smallest absolute Gasteiger partial charge is 0.326 e. The number of aromatic nitrogens is 2. The first-order chi connectivity index (χ1) is 15.3. The highest BCUT2D eigenvalue weighted by Crippen LogP contribution is 2.31. The fourth-order valence-electron chi connectivity index (χ4n) is 3.69. The molecular weight excluding hydrogens is 409 g/mol. The molecule has 0 atom stereocenters. The summed E-state index contributed by atoms with van der Waals surface area (Å²) in [6.07, 6.45) is 1.99. The number of halogens is 1. The average molecular weight is 433 g/mol. The number of nitrogens with one attached hydrogen (secondary N) is 3. The number of carbonyl (C=O) groups excluding carboxylic acids is 1. The van der Waals surface area contributed by atoms with Gasteiger partial charge in [-0.2, -0.15) is 0 Å². The van der Waals surface area contributed by atoms with Crippen molar-refractivity contribution in [3.8, 4) is 0 Å². The van der Waals surface area contributed by atoms with Gasteiger partial charge in [0.1, 0.15) is 23.8 Å². The molecule has 9 heteroatoms. The van der Waals surface area contributed by atoms with Gasteiger partial charge >= 0.3 is 6.03 Å². The third-order valence-corrected chi connectivity index (χ3v) is 5.18. The van der Waals surface area contributed by atoms with Gasteiger partial charge in [-0.05, 0) is 50.1 Å². The Morgan fingerprint density at radius 3 is 2.75 bits per heavy atom. The molecule has 8 nitrogen and oxygen atoms in total. The lowest BCUT2D eigenvalue weighted by molar-refractivity contribution is 0.257. The molecule has 2 heterocycles. The summed E-state index contributed by atoms with van der Waals surface area (Å²) < 4.78 is 13.9. The summed E-state index contributed by atoms with van der Waals surface area (Å²) in [5, 5.41) is 14.6. The molecule has 0 fully saturated rings. The number of nitrogen functional groups attached to an aromatic ring is 1. The summed E-state index contributed by atoms with van der Waals surface area (Å²) in [5.74, 6) is 0.237. The van der Waals surface area contributed by atoms with E-state index in [0.29, 0.717) is 29.9 Å². The third-order valence-electron chi connectivity index (χ3n) is 5.18.